The van der Waals surface area contributed by atoms with Gasteiger partial charge in [-0.1, -0.05) is 18.2 Å². The second kappa shape index (κ2) is 5.65. The zero-order valence-corrected chi connectivity index (χ0v) is 12.6. The van der Waals surface area contributed by atoms with Crippen molar-refractivity contribution in [2.45, 2.75) is 12.5 Å². The number of carbonyl (C=O) groups excluding carboxylic acids is 2. The predicted octanol–water partition coefficient (Wildman–Crippen LogP) is 2.59. The van der Waals surface area contributed by atoms with Crippen LogP contribution < -0.4 is 10.2 Å². The zero-order chi connectivity index (χ0) is 14.8. The molecule has 2 amide bonds. The monoisotopic (exact) mass is 345 g/mol. The first kappa shape index (κ1) is 13.8. The van der Waals surface area contributed by atoms with Gasteiger partial charge in [0, 0.05) is 6.20 Å². The number of carbonyl (C=O) groups is 2. The Hall–Kier alpha value is -2.21. The van der Waals surface area contributed by atoms with Crippen LogP contribution in [0.3, 0.4) is 0 Å². The number of anilines is 2. The lowest BCUT2D eigenvalue weighted by Gasteiger charge is -2.16. The second-order valence-electron chi connectivity index (χ2n) is 4.64. The molecule has 0 saturated carbocycles. The number of amides is 2. The number of benzene rings is 1. The van der Waals surface area contributed by atoms with Gasteiger partial charge in [0.15, 0.2) is 0 Å². The number of nitrogens with zero attached hydrogens (tertiary/aromatic N) is 2. The van der Waals surface area contributed by atoms with Crippen LogP contribution in [-0.2, 0) is 9.59 Å². The number of aromatic nitrogens is 1. The molecule has 0 aliphatic carbocycles. The van der Waals surface area contributed by atoms with Gasteiger partial charge in [0.05, 0.1) is 16.6 Å². The third-order valence-electron chi connectivity index (χ3n) is 3.23. The molecule has 5 nitrogen and oxygen atoms in total. The molecule has 1 aromatic heterocycles. The Morgan fingerprint density at radius 2 is 1.90 bits per heavy atom. The molecule has 1 unspecified atom stereocenters. The van der Waals surface area contributed by atoms with Crippen molar-refractivity contribution in [3.05, 3.63) is 53.1 Å². The van der Waals surface area contributed by atoms with Gasteiger partial charge >= 0.3 is 0 Å². The van der Waals surface area contributed by atoms with Crippen molar-refractivity contribution in [3.63, 3.8) is 0 Å². The van der Waals surface area contributed by atoms with E-state index in [0.29, 0.717) is 11.5 Å². The summed E-state index contributed by atoms with van der Waals surface area (Å²) in [6.45, 7) is 0. The van der Waals surface area contributed by atoms with Crippen LogP contribution in [0, 0.1) is 0 Å². The van der Waals surface area contributed by atoms with E-state index in [-0.39, 0.29) is 18.2 Å². The van der Waals surface area contributed by atoms with Crippen molar-refractivity contribution in [3.8, 4) is 0 Å². The maximum absolute atomic E-state index is 12.4. The maximum Gasteiger partial charge on any atom is 0.256 e. The molecule has 2 heterocycles. The number of hydrogen-bond donors (Lipinski definition) is 1. The van der Waals surface area contributed by atoms with Crippen molar-refractivity contribution < 1.29 is 9.59 Å². The van der Waals surface area contributed by atoms with Crippen molar-refractivity contribution in [1.82, 2.24) is 4.98 Å². The van der Waals surface area contributed by atoms with Crippen molar-refractivity contribution >= 4 is 39.2 Å². The molecular formula is C15H12BrN3O2. The Morgan fingerprint density at radius 3 is 2.62 bits per heavy atom. The smallest absolute Gasteiger partial charge is 0.256 e. The van der Waals surface area contributed by atoms with Crippen LogP contribution in [0.1, 0.15) is 6.42 Å². The van der Waals surface area contributed by atoms with E-state index in [1.165, 1.54) is 4.90 Å². The van der Waals surface area contributed by atoms with Gasteiger partial charge in [-0.25, -0.2) is 9.88 Å². The summed E-state index contributed by atoms with van der Waals surface area (Å²) >= 11 is 3.36. The van der Waals surface area contributed by atoms with Gasteiger partial charge in [-0.15, -0.1) is 0 Å². The van der Waals surface area contributed by atoms with E-state index in [0.717, 1.165) is 4.47 Å². The van der Waals surface area contributed by atoms with Gasteiger partial charge in [-0.05, 0) is 40.2 Å². The Bertz CT molecular complexity index is 690. The van der Waals surface area contributed by atoms with Crippen molar-refractivity contribution in [2.75, 3.05) is 10.2 Å². The number of nitrogens with one attached hydrogen (secondary N) is 1. The van der Waals surface area contributed by atoms with E-state index in [1.807, 2.05) is 12.1 Å². The number of rotatable bonds is 3. The highest BCUT2D eigenvalue weighted by Gasteiger charge is 2.39. The highest BCUT2D eigenvalue weighted by Crippen LogP contribution is 2.26. The second-order valence-corrected chi connectivity index (χ2v) is 5.49. The minimum Gasteiger partial charge on any atom is -0.357 e. The number of halogens is 1. The van der Waals surface area contributed by atoms with E-state index >= 15 is 0 Å². The lowest BCUT2D eigenvalue weighted by Crippen LogP contribution is -2.35. The van der Waals surface area contributed by atoms with Crippen LogP contribution in [0.2, 0.25) is 0 Å². The molecule has 1 N–H and O–H groups in total. The molecule has 3 rings (SSSR count). The summed E-state index contributed by atoms with van der Waals surface area (Å²) < 4.78 is 0.753. The molecule has 1 aromatic carbocycles. The van der Waals surface area contributed by atoms with E-state index in [4.69, 9.17) is 0 Å². The standard InChI is InChI=1S/C15H12BrN3O2/c16-11-7-4-8-17-14(11)18-12-9-13(20)19(15(12)21)10-5-2-1-3-6-10/h1-8,12H,9H2,(H,17,18). The Morgan fingerprint density at radius 1 is 1.14 bits per heavy atom. The summed E-state index contributed by atoms with van der Waals surface area (Å²) in [5.74, 6) is 0.0815. The fourth-order valence-corrected chi connectivity index (χ4v) is 2.62. The summed E-state index contributed by atoms with van der Waals surface area (Å²) in [5.41, 5.74) is 0.594. The zero-order valence-electron chi connectivity index (χ0n) is 11.0. The maximum atomic E-state index is 12.4. The molecule has 21 heavy (non-hydrogen) atoms. The van der Waals surface area contributed by atoms with Crippen LogP contribution in [0.15, 0.2) is 53.1 Å². The average Bonchev–Trinajstić information content (AvgIpc) is 2.77. The van der Waals surface area contributed by atoms with Crippen LogP contribution in [0.4, 0.5) is 11.5 Å². The van der Waals surface area contributed by atoms with Crippen LogP contribution in [0.5, 0.6) is 0 Å². The first-order valence-electron chi connectivity index (χ1n) is 6.46. The number of imide groups is 1. The van der Waals surface area contributed by atoms with E-state index in [2.05, 4.69) is 26.2 Å². The first-order chi connectivity index (χ1) is 10.2. The Kier molecular flexibility index (Phi) is 3.70. The molecule has 0 spiro atoms. The molecule has 1 aliphatic rings. The molecule has 2 aromatic rings. The summed E-state index contributed by atoms with van der Waals surface area (Å²) in [7, 11) is 0. The third kappa shape index (κ3) is 2.67. The largest absolute Gasteiger partial charge is 0.357 e. The van der Waals surface area contributed by atoms with Gasteiger partial charge in [0.1, 0.15) is 11.9 Å². The summed E-state index contributed by atoms with van der Waals surface area (Å²) in [6.07, 6.45) is 1.75. The molecule has 106 valence electrons. The lowest BCUT2D eigenvalue weighted by molar-refractivity contribution is -0.121. The molecule has 1 aliphatic heterocycles. The fourth-order valence-electron chi connectivity index (χ4n) is 2.25. The Labute approximate surface area is 130 Å². The minimum absolute atomic E-state index is 0.122. The molecule has 1 fully saturated rings. The van der Waals surface area contributed by atoms with Crippen LogP contribution in [-0.4, -0.2) is 22.8 Å². The first-order valence-corrected chi connectivity index (χ1v) is 7.25. The molecule has 1 atom stereocenters. The van der Waals surface area contributed by atoms with Gasteiger partial charge < -0.3 is 5.32 Å². The van der Waals surface area contributed by atoms with Crippen molar-refractivity contribution in [2.24, 2.45) is 0 Å². The van der Waals surface area contributed by atoms with Crippen LogP contribution >= 0.6 is 15.9 Å². The lowest BCUT2D eigenvalue weighted by atomic mass is 10.2. The topological polar surface area (TPSA) is 62.3 Å². The number of hydrogen-bond acceptors (Lipinski definition) is 4. The van der Waals surface area contributed by atoms with Gasteiger partial charge in [-0.3, -0.25) is 9.59 Å². The van der Waals surface area contributed by atoms with E-state index < -0.39 is 6.04 Å². The summed E-state index contributed by atoms with van der Waals surface area (Å²) in [4.78, 5) is 29.9. The average molecular weight is 346 g/mol. The third-order valence-corrected chi connectivity index (χ3v) is 3.87. The highest BCUT2D eigenvalue weighted by atomic mass is 79.9. The number of pyridine rings is 1. The molecule has 6 heteroatoms. The molecule has 1 saturated heterocycles. The minimum atomic E-state index is -0.594. The SMILES string of the molecule is O=C1CC(Nc2ncccc2Br)C(=O)N1c1ccccc1. The van der Waals surface area contributed by atoms with Crippen molar-refractivity contribution in [1.29, 1.82) is 0 Å². The fraction of sp³-hybridized carbons (Fsp3) is 0.133. The predicted molar refractivity (Wildman–Crippen MR) is 82.9 cm³/mol. The molecule has 0 radical (unpaired) electrons. The summed E-state index contributed by atoms with van der Waals surface area (Å²) in [6, 6.07) is 11.9. The highest BCUT2D eigenvalue weighted by molar-refractivity contribution is 9.10. The van der Waals surface area contributed by atoms with Gasteiger partial charge in [-0.2, -0.15) is 0 Å². The van der Waals surface area contributed by atoms with Crippen LogP contribution in [0.25, 0.3) is 0 Å². The van der Waals surface area contributed by atoms with Gasteiger partial charge in [0.2, 0.25) is 5.91 Å². The molecule has 0 bridgehead atoms. The summed E-state index contributed by atoms with van der Waals surface area (Å²) in [5, 5.41) is 3.02. The van der Waals surface area contributed by atoms with E-state index in [9.17, 15) is 9.59 Å². The van der Waals surface area contributed by atoms with Gasteiger partial charge in [0.25, 0.3) is 5.91 Å². The number of para-hydroxylation sites is 1. The quantitative estimate of drug-likeness (QED) is 0.868. The van der Waals surface area contributed by atoms with E-state index in [1.54, 1.807) is 36.5 Å². The molecular weight excluding hydrogens is 334 g/mol. The Balaban J connectivity index is 1.83. The normalized spacial score (nSPS) is 18.1.